The maximum absolute atomic E-state index is 11.8. The minimum Gasteiger partial charge on any atom is -0.460 e. The summed E-state index contributed by atoms with van der Waals surface area (Å²) in [4.78, 5) is 14.1. The van der Waals surface area contributed by atoms with Gasteiger partial charge in [0.25, 0.3) is 0 Å². The topological polar surface area (TPSA) is 49.8 Å². The van der Waals surface area contributed by atoms with Gasteiger partial charge in [-0.3, -0.25) is 9.69 Å². The number of carbonyl (C=O) groups is 1. The van der Waals surface area contributed by atoms with Crippen LogP contribution in [0.25, 0.3) is 0 Å². The lowest BCUT2D eigenvalue weighted by Crippen LogP contribution is -2.45. The predicted octanol–water partition coefficient (Wildman–Crippen LogP) is 1.17. The summed E-state index contributed by atoms with van der Waals surface area (Å²) in [7, 11) is 2.07. The summed E-state index contributed by atoms with van der Waals surface area (Å²) in [6, 6.07) is 0.579. The van der Waals surface area contributed by atoms with Crippen molar-refractivity contribution in [2.24, 2.45) is 5.92 Å². The molecule has 98 valence electrons. The Hall–Kier alpha value is -0.610. The third kappa shape index (κ3) is 2.47. The van der Waals surface area contributed by atoms with Crippen LogP contribution in [0.5, 0.6) is 0 Å². The first-order valence-electron chi connectivity index (χ1n) is 6.63. The van der Waals surface area contributed by atoms with E-state index in [1.165, 1.54) is 0 Å². The number of aliphatic hydroxyl groups excluding tert-OH is 1. The molecule has 0 spiro atoms. The summed E-state index contributed by atoms with van der Waals surface area (Å²) in [5.74, 6) is -0.112. The van der Waals surface area contributed by atoms with Crippen LogP contribution in [0.1, 0.15) is 39.5 Å². The average Bonchev–Trinajstić information content (AvgIpc) is 2.49. The fourth-order valence-electron chi connectivity index (χ4n) is 2.95. The maximum Gasteiger partial charge on any atom is 0.308 e. The van der Waals surface area contributed by atoms with Gasteiger partial charge >= 0.3 is 5.97 Å². The summed E-state index contributed by atoms with van der Waals surface area (Å²) < 4.78 is 5.60. The van der Waals surface area contributed by atoms with E-state index in [2.05, 4.69) is 11.9 Å². The second kappa shape index (κ2) is 4.94. The highest BCUT2D eigenvalue weighted by Gasteiger charge is 2.46. The summed E-state index contributed by atoms with van der Waals surface area (Å²) in [5.41, 5.74) is 0. The molecule has 0 saturated carbocycles. The normalized spacial score (nSPS) is 39.1. The Morgan fingerprint density at radius 3 is 2.82 bits per heavy atom. The lowest BCUT2D eigenvalue weighted by molar-refractivity contribution is -0.155. The van der Waals surface area contributed by atoms with E-state index < -0.39 is 0 Å². The molecule has 0 radical (unpaired) electrons. The molecule has 4 heteroatoms. The van der Waals surface area contributed by atoms with Crippen molar-refractivity contribution in [3.63, 3.8) is 0 Å². The minimum absolute atomic E-state index is 0.0225. The van der Waals surface area contributed by atoms with Gasteiger partial charge in [-0.15, -0.1) is 0 Å². The number of aliphatic hydroxyl groups is 1. The lowest BCUT2D eigenvalue weighted by atomic mass is 10.0. The number of likely N-dealkylation sites (N-methyl/N-ethyl adjacent to an activating group) is 1. The molecule has 2 aliphatic rings. The average molecular weight is 241 g/mol. The number of carbonyl (C=O) groups excluding carboxylic acids is 1. The van der Waals surface area contributed by atoms with E-state index in [9.17, 15) is 9.90 Å². The van der Waals surface area contributed by atoms with Crippen LogP contribution in [0.4, 0.5) is 0 Å². The molecule has 4 nitrogen and oxygen atoms in total. The van der Waals surface area contributed by atoms with Crippen LogP contribution in [-0.2, 0) is 9.53 Å². The van der Waals surface area contributed by atoms with E-state index in [-0.39, 0.29) is 30.1 Å². The van der Waals surface area contributed by atoms with Gasteiger partial charge in [0, 0.05) is 18.5 Å². The van der Waals surface area contributed by atoms with Gasteiger partial charge in [0.05, 0.1) is 12.0 Å². The number of fused-ring (bicyclic) bond motifs is 2. The number of hydrogen-bond acceptors (Lipinski definition) is 4. The molecule has 1 N–H and O–H groups in total. The lowest BCUT2D eigenvalue weighted by Gasteiger charge is -2.34. The second-order valence-corrected chi connectivity index (χ2v) is 5.53. The van der Waals surface area contributed by atoms with Crippen LogP contribution in [0, 0.1) is 5.92 Å². The van der Waals surface area contributed by atoms with Crippen molar-refractivity contribution >= 4 is 5.97 Å². The van der Waals surface area contributed by atoms with Gasteiger partial charge in [0.15, 0.2) is 0 Å². The molecule has 2 heterocycles. The van der Waals surface area contributed by atoms with Crippen molar-refractivity contribution in [1.29, 1.82) is 0 Å². The van der Waals surface area contributed by atoms with Gasteiger partial charge in [-0.25, -0.2) is 0 Å². The van der Waals surface area contributed by atoms with Crippen LogP contribution in [0.3, 0.4) is 0 Å². The molecule has 0 aromatic carbocycles. The number of nitrogens with zero attached hydrogens (tertiary/aromatic N) is 1. The summed E-state index contributed by atoms with van der Waals surface area (Å²) in [6.45, 7) is 3.90. The Kier molecular flexibility index (Phi) is 3.73. The number of ether oxygens (including phenoxy) is 1. The molecule has 0 aromatic heterocycles. The van der Waals surface area contributed by atoms with E-state index in [1.54, 1.807) is 0 Å². The highest BCUT2D eigenvalue weighted by atomic mass is 16.5. The Bertz CT molecular complexity index is 294. The monoisotopic (exact) mass is 241 g/mol. The molecule has 0 aliphatic carbocycles. The molecule has 2 aliphatic heterocycles. The van der Waals surface area contributed by atoms with Crippen LogP contribution in [0.15, 0.2) is 0 Å². The highest BCUT2D eigenvalue weighted by Crippen LogP contribution is 2.36. The van der Waals surface area contributed by atoms with Gasteiger partial charge in [0.2, 0.25) is 0 Å². The van der Waals surface area contributed by atoms with Gasteiger partial charge in [-0.05, 0) is 26.3 Å². The largest absolute Gasteiger partial charge is 0.460 e. The molecule has 17 heavy (non-hydrogen) atoms. The summed E-state index contributed by atoms with van der Waals surface area (Å²) >= 11 is 0. The first-order valence-corrected chi connectivity index (χ1v) is 6.63. The number of hydrogen-bond donors (Lipinski definition) is 1. The third-order valence-electron chi connectivity index (χ3n) is 4.37. The third-order valence-corrected chi connectivity index (χ3v) is 4.37. The number of piperidine rings is 1. The summed E-state index contributed by atoms with van der Waals surface area (Å²) in [5, 5.41) is 9.75. The van der Waals surface area contributed by atoms with Crippen LogP contribution in [0.2, 0.25) is 0 Å². The van der Waals surface area contributed by atoms with Crippen LogP contribution < -0.4 is 0 Å². The van der Waals surface area contributed by atoms with Crippen LogP contribution in [-0.4, -0.2) is 47.3 Å². The number of esters is 1. The summed E-state index contributed by atoms with van der Waals surface area (Å²) in [6.07, 6.45) is 2.98. The fraction of sp³-hybridized carbons (Fsp3) is 0.923. The van der Waals surface area contributed by atoms with E-state index in [0.717, 1.165) is 25.7 Å². The first kappa shape index (κ1) is 12.8. The van der Waals surface area contributed by atoms with Crippen LogP contribution >= 0.6 is 0 Å². The zero-order valence-electron chi connectivity index (χ0n) is 10.9. The van der Waals surface area contributed by atoms with Crippen molar-refractivity contribution in [3.8, 4) is 0 Å². The van der Waals surface area contributed by atoms with Gasteiger partial charge < -0.3 is 9.84 Å². The van der Waals surface area contributed by atoms with Crippen molar-refractivity contribution in [2.75, 3.05) is 7.05 Å². The van der Waals surface area contributed by atoms with Crippen molar-refractivity contribution < 1.29 is 14.6 Å². The molecular formula is C13H23NO3. The van der Waals surface area contributed by atoms with E-state index in [1.807, 2.05) is 13.8 Å². The highest BCUT2D eigenvalue weighted by molar-refractivity contribution is 5.72. The Morgan fingerprint density at radius 2 is 2.18 bits per heavy atom. The maximum atomic E-state index is 11.8. The molecule has 2 rings (SSSR count). The van der Waals surface area contributed by atoms with E-state index in [0.29, 0.717) is 6.04 Å². The van der Waals surface area contributed by atoms with Crippen molar-refractivity contribution in [3.05, 3.63) is 0 Å². The minimum atomic E-state index is -0.228. The molecule has 2 bridgehead atoms. The molecule has 5 atom stereocenters. The fourth-order valence-corrected chi connectivity index (χ4v) is 2.95. The van der Waals surface area contributed by atoms with E-state index in [4.69, 9.17) is 4.74 Å². The number of rotatable bonds is 3. The van der Waals surface area contributed by atoms with Gasteiger partial charge in [-0.2, -0.15) is 0 Å². The molecule has 0 amide bonds. The Morgan fingerprint density at radius 1 is 1.47 bits per heavy atom. The van der Waals surface area contributed by atoms with Gasteiger partial charge in [-0.1, -0.05) is 13.8 Å². The van der Waals surface area contributed by atoms with Crippen molar-refractivity contribution in [1.82, 2.24) is 4.90 Å². The smallest absolute Gasteiger partial charge is 0.308 e. The standard InChI is InChI=1S/C13H23NO3/c1-4-8(2)13(16)17-12-6-9-5-10(15)7-11(12)14(9)3/h8-12,15H,4-7H2,1-3H3/t8?,9-,10-,11+,12-/m0/s1. The zero-order chi connectivity index (χ0) is 12.6. The van der Waals surface area contributed by atoms with Gasteiger partial charge in [0.1, 0.15) is 6.10 Å². The second-order valence-electron chi connectivity index (χ2n) is 5.53. The SMILES string of the molecule is CCC(C)C(=O)O[C@H]1C[C@@H]2C[C@H](O)C[C@H]1N2C. The van der Waals surface area contributed by atoms with E-state index >= 15 is 0 Å². The first-order chi connectivity index (χ1) is 8.02. The molecule has 2 saturated heterocycles. The molecule has 1 unspecified atom stereocenters. The quantitative estimate of drug-likeness (QED) is 0.754. The Labute approximate surface area is 103 Å². The molecular weight excluding hydrogens is 218 g/mol. The van der Waals surface area contributed by atoms with Crippen molar-refractivity contribution in [2.45, 2.75) is 63.8 Å². The molecule has 0 aromatic rings. The molecule has 2 fully saturated rings. The zero-order valence-corrected chi connectivity index (χ0v) is 10.9. The Balaban J connectivity index is 1.97. The predicted molar refractivity (Wildman–Crippen MR) is 64.5 cm³/mol.